The van der Waals surface area contributed by atoms with E-state index in [0.29, 0.717) is 12.8 Å². The lowest BCUT2D eigenvalue weighted by Crippen LogP contribution is -2.57. The Morgan fingerprint density at radius 2 is 2.05 bits per heavy atom. The number of aromatic nitrogens is 4. The molecule has 1 amide bonds. The Bertz CT molecular complexity index is 453. The average molecular weight is 267 g/mol. The molecule has 0 spiro atoms. The summed E-state index contributed by atoms with van der Waals surface area (Å²) in [5.41, 5.74) is -1.08. The number of carboxylic acids is 1. The molecule has 1 aromatic rings. The molecule has 0 aromatic carbocycles. The van der Waals surface area contributed by atoms with Crippen molar-refractivity contribution >= 4 is 11.9 Å². The van der Waals surface area contributed by atoms with E-state index in [4.69, 9.17) is 0 Å². The molecular formula is C11H17N5O3. The monoisotopic (exact) mass is 267 g/mol. The fraction of sp³-hybridized carbons (Fsp3) is 0.727. The number of likely N-dealkylation sites (N-methyl/N-ethyl adjacent to an activating group) is 1. The molecule has 0 unspecified atom stereocenters. The molecule has 0 saturated heterocycles. The number of hydrogen-bond acceptors (Lipinski definition) is 5. The smallest absolute Gasteiger partial charge is 0.329 e. The van der Waals surface area contributed by atoms with Crippen LogP contribution in [0.25, 0.3) is 0 Å². The zero-order valence-corrected chi connectivity index (χ0v) is 10.8. The molecule has 1 aliphatic rings. The first-order valence-corrected chi connectivity index (χ1v) is 6.27. The second-order valence-electron chi connectivity index (χ2n) is 4.86. The van der Waals surface area contributed by atoms with Gasteiger partial charge >= 0.3 is 5.97 Å². The minimum absolute atomic E-state index is 0.0431. The number of amides is 1. The predicted octanol–water partition coefficient (Wildman–Crippen LogP) is -0.0810. The van der Waals surface area contributed by atoms with Crippen LogP contribution in [0.15, 0.2) is 6.33 Å². The SMILES string of the molecule is CN(C(=O)Cn1cnnn1)C1(C(=O)O)CCCCC1. The van der Waals surface area contributed by atoms with Gasteiger partial charge in [-0.05, 0) is 23.3 Å². The van der Waals surface area contributed by atoms with Crippen molar-refractivity contribution in [2.75, 3.05) is 7.05 Å². The number of rotatable bonds is 4. The summed E-state index contributed by atoms with van der Waals surface area (Å²) in [5.74, 6) is -1.23. The molecular weight excluding hydrogens is 250 g/mol. The summed E-state index contributed by atoms with van der Waals surface area (Å²) in [6.45, 7) is -0.0431. The highest BCUT2D eigenvalue weighted by Crippen LogP contribution is 2.33. The van der Waals surface area contributed by atoms with E-state index < -0.39 is 11.5 Å². The highest BCUT2D eigenvalue weighted by atomic mass is 16.4. The van der Waals surface area contributed by atoms with Crippen molar-refractivity contribution < 1.29 is 14.7 Å². The van der Waals surface area contributed by atoms with Crippen molar-refractivity contribution in [2.24, 2.45) is 0 Å². The second kappa shape index (κ2) is 5.33. The number of tetrazole rings is 1. The normalized spacial score (nSPS) is 17.9. The van der Waals surface area contributed by atoms with Gasteiger partial charge in [-0.1, -0.05) is 19.3 Å². The van der Waals surface area contributed by atoms with Crippen molar-refractivity contribution in [1.82, 2.24) is 25.1 Å². The van der Waals surface area contributed by atoms with E-state index in [1.807, 2.05) is 0 Å². The first kappa shape index (κ1) is 13.4. The summed E-state index contributed by atoms with van der Waals surface area (Å²) in [6, 6.07) is 0. The third-order valence-corrected chi connectivity index (χ3v) is 3.78. The molecule has 8 nitrogen and oxygen atoms in total. The van der Waals surface area contributed by atoms with E-state index in [9.17, 15) is 14.7 Å². The van der Waals surface area contributed by atoms with Crippen LogP contribution in [0.3, 0.4) is 0 Å². The summed E-state index contributed by atoms with van der Waals surface area (Å²) in [4.78, 5) is 25.1. The van der Waals surface area contributed by atoms with E-state index in [1.165, 1.54) is 15.9 Å². The lowest BCUT2D eigenvalue weighted by atomic mass is 9.80. The molecule has 0 bridgehead atoms. The topological polar surface area (TPSA) is 101 Å². The van der Waals surface area contributed by atoms with Gasteiger partial charge in [0.1, 0.15) is 18.4 Å². The molecule has 1 fully saturated rings. The highest BCUT2D eigenvalue weighted by Gasteiger charge is 2.45. The lowest BCUT2D eigenvalue weighted by Gasteiger charge is -2.40. The molecule has 1 N–H and O–H groups in total. The Kier molecular flexibility index (Phi) is 3.77. The number of hydrogen-bond donors (Lipinski definition) is 1. The van der Waals surface area contributed by atoms with Crippen molar-refractivity contribution in [3.05, 3.63) is 6.33 Å². The van der Waals surface area contributed by atoms with Gasteiger partial charge < -0.3 is 10.0 Å². The second-order valence-corrected chi connectivity index (χ2v) is 4.86. The van der Waals surface area contributed by atoms with E-state index in [0.717, 1.165) is 19.3 Å². The molecule has 0 radical (unpaired) electrons. The highest BCUT2D eigenvalue weighted by molar-refractivity contribution is 5.86. The van der Waals surface area contributed by atoms with Gasteiger partial charge in [-0.2, -0.15) is 0 Å². The van der Waals surface area contributed by atoms with Gasteiger partial charge in [-0.3, -0.25) is 4.79 Å². The molecule has 0 aliphatic heterocycles. The molecule has 104 valence electrons. The fourth-order valence-corrected chi connectivity index (χ4v) is 2.57. The maximum absolute atomic E-state index is 12.2. The quantitative estimate of drug-likeness (QED) is 0.818. The summed E-state index contributed by atoms with van der Waals surface area (Å²) < 4.78 is 1.29. The third kappa shape index (κ3) is 2.56. The largest absolute Gasteiger partial charge is 0.479 e. The summed E-state index contributed by atoms with van der Waals surface area (Å²) in [5, 5.41) is 20.0. The Hall–Kier alpha value is -1.99. The maximum atomic E-state index is 12.2. The summed E-state index contributed by atoms with van der Waals surface area (Å²) in [7, 11) is 1.55. The molecule has 1 heterocycles. The van der Waals surface area contributed by atoms with Crippen LogP contribution < -0.4 is 0 Å². The standard InChI is InChI=1S/C11H17N5O3/c1-15(9(17)7-16-8-12-13-14-16)11(10(18)19)5-3-2-4-6-11/h8H,2-7H2,1H3,(H,18,19). The number of nitrogens with zero attached hydrogens (tertiary/aromatic N) is 5. The van der Waals surface area contributed by atoms with Gasteiger partial charge in [-0.25, -0.2) is 9.48 Å². The number of carboxylic acid groups (broad SMARTS) is 1. The lowest BCUT2D eigenvalue weighted by molar-refractivity contribution is -0.160. The van der Waals surface area contributed by atoms with Crippen LogP contribution in [0.5, 0.6) is 0 Å². The maximum Gasteiger partial charge on any atom is 0.329 e. The van der Waals surface area contributed by atoms with Crippen molar-refractivity contribution in [1.29, 1.82) is 0 Å². The van der Waals surface area contributed by atoms with Crippen molar-refractivity contribution in [3.8, 4) is 0 Å². The van der Waals surface area contributed by atoms with E-state index in [1.54, 1.807) is 7.05 Å². The first-order chi connectivity index (χ1) is 9.06. The summed E-state index contributed by atoms with van der Waals surface area (Å²) >= 11 is 0. The average Bonchev–Trinajstić information content (AvgIpc) is 2.91. The van der Waals surface area contributed by atoms with Crippen molar-refractivity contribution in [3.63, 3.8) is 0 Å². The first-order valence-electron chi connectivity index (χ1n) is 6.27. The molecule has 1 aromatic heterocycles. The van der Waals surface area contributed by atoms with Gasteiger partial charge in [0, 0.05) is 7.05 Å². The molecule has 1 saturated carbocycles. The number of carbonyl (C=O) groups excluding carboxylic acids is 1. The fourth-order valence-electron chi connectivity index (χ4n) is 2.57. The number of aliphatic carboxylic acids is 1. The molecule has 1 aliphatic carbocycles. The van der Waals surface area contributed by atoms with Crippen LogP contribution >= 0.6 is 0 Å². The van der Waals surface area contributed by atoms with Crippen LogP contribution in [-0.4, -0.2) is 54.7 Å². The Balaban J connectivity index is 2.12. The van der Waals surface area contributed by atoms with Gasteiger partial charge in [0.2, 0.25) is 5.91 Å². The van der Waals surface area contributed by atoms with Gasteiger partial charge in [0.15, 0.2) is 0 Å². The van der Waals surface area contributed by atoms with Gasteiger partial charge in [0.25, 0.3) is 0 Å². The van der Waals surface area contributed by atoms with Crippen LogP contribution in [0.4, 0.5) is 0 Å². The molecule has 0 atom stereocenters. The van der Waals surface area contributed by atoms with Gasteiger partial charge in [-0.15, -0.1) is 5.10 Å². The van der Waals surface area contributed by atoms with E-state index >= 15 is 0 Å². The van der Waals surface area contributed by atoms with Crippen molar-refractivity contribution in [2.45, 2.75) is 44.2 Å². The summed E-state index contributed by atoms with van der Waals surface area (Å²) in [6.07, 6.45) is 5.01. The van der Waals surface area contributed by atoms with E-state index in [-0.39, 0.29) is 12.5 Å². The van der Waals surface area contributed by atoms with Crippen LogP contribution in [-0.2, 0) is 16.1 Å². The van der Waals surface area contributed by atoms with E-state index in [2.05, 4.69) is 15.5 Å². The predicted molar refractivity (Wildman–Crippen MR) is 64.0 cm³/mol. The minimum atomic E-state index is -1.08. The zero-order valence-electron chi connectivity index (χ0n) is 10.8. The molecule has 2 rings (SSSR count). The third-order valence-electron chi connectivity index (χ3n) is 3.78. The Morgan fingerprint density at radius 3 is 2.58 bits per heavy atom. The van der Waals surface area contributed by atoms with Crippen LogP contribution in [0, 0.1) is 0 Å². The molecule has 19 heavy (non-hydrogen) atoms. The van der Waals surface area contributed by atoms with Gasteiger partial charge in [0.05, 0.1) is 0 Å². The number of carbonyl (C=O) groups is 2. The Labute approximate surface area is 110 Å². The Morgan fingerprint density at radius 1 is 1.37 bits per heavy atom. The van der Waals surface area contributed by atoms with Crippen LogP contribution in [0.2, 0.25) is 0 Å². The zero-order chi connectivity index (χ0) is 13.9. The van der Waals surface area contributed by atoms with Crippen LogP contribution in [0.1, 0.15) is 32.1 Å². The minimum Gasteiger partial charge on any atom is -0.479 e. The molecule has 8 heteroatoms.